The molecule has 34 heteroatoms. The topological polar surface area (TPSA) is 578 Å². The zero-order chi connectivity index (χ0) is 65.4. The van der Waals surface area contributed by atoms with Crippen LogP contribution in [0.3, 0.4) is 0 Å². The van der Waals surface area contributed by atoms with Gasteiger partial charge in [-0.15, -0.1) is 0 Å². The molecule has 0 amide bonds. The Morgan fingerprint density at radius 3 is 0.843 bits per heavy atom. The second kappa shape index (κ2) is 24.3. The maximum absolute atomic E-state index is 14.7. The highest BCUT2D eigenvalue weighted by Gasteiger charge is 2.55. The number of ether oxygens (including phenoxy) is 8. The van der Waals surface area contributed by atoms with Crippen LogP contribution in [-0.2, 0) is 28.4 Å². The Hall–Kier alpha value is -13.0. The van der Waals surface area contributed by atoms with Crippen LogP contribution in [0.2, 0.25) is 0 Å². The first-order valence-corrected chi connectivity index (χ1v) is 24.3. The molecule has 19 N–H and O–H groups in total. The van der Waals surface area contributed by atoms with Gasteiger partial charge in [-0.2, -0.15) is 0 Å². The van der Waals surface area contributed by atoms with E-state index >= 15 is 0 Å². The highest BCUT2D eigenvalue weighted by molar-refractivity contribution is 5.98. The van der Waals surface area contributed by atoms with Crippen molar-refractivity contribution in [2.45, 2.75) is 30.7 Å². The van der Waals surface area contributed by atoms with Crippen LogP contribution in [0.5, 0.6) is 121 Å². The SMILES string of the molecule is O=C(OC[C@H]1O[C@@H](OC(=O)c2cc(O)c(O)c(O)c2)[C@H](OC(=O)c2cc(O)c(O)c(O)c2)[C@@H](OC(=O)c2cc(O)c(O)c(OC(=O)c3cc(O)c(O)c(OC(=O)c4cc(O)c(O)c(O)c4)c3)c2)[C@@H]1OC(=O)c1cc(O)c(O)c(O)c1)c1cc(O)c(O)c(O)c1. The number of hydrogen-bond donors (Lipinski definition) is 19. The number of rotatable bonds is 15. The highest BCUT2D eigenvalue weighted by atomic mass is 16.7. The van der Waals surface area contributed by atoms with E-state index in [1.807, 2.05) is 0 Å². The molecule has 1 aliphatic heterocycles. The van der Waals surface area contributed by atoms with Crippen LogP contribution in [0.25, 0.3) is 0 Å². The quantitative estimate of drug-likeness (QED) is 0.0304. The third-order valence-corrected chi connectivity index (χ3v) is 12.4. The number of phenols is 19. The predicted molar refractivity (Wildman–Crippen MR) is 279 cm³/mol. The average Bonchev–Trinajstić information content (AvgIpc) is 3.08. The summed E-state index contributed by atoms with van der Waals surface area (Å²) in [4.78, 5) is 97.1. The number of carbonyl (C=O) groups excluding carboxylic acids is 7. The standard InChI is InChI=1S/C55H40O34/c56-23-1-16(2-24(57)38(23)68)48(75)82-15-37-45(86-51(78)18-5-27(60)40(70)28(61)6-18)46(47(88-52(79)19-7-29(62)41(71)30(63)8-19)55(85-37)89-54(81)20-9-31(64)42(72)32(65)10-20)87-53(80)22-12-34(67)44(74)36(14-22)84-50(77)21-11-33(66)43(73)35(13-21)83-49(76)17-3-25(58)39(69)26(59)4-17/h1-14,37,45-47,55-74H,15H2/t37-,45-,46+,47-,55+/m1/s1. The summed E-state index contributed by atoms with van der Waals surface area (Å²) in [6.45, 7) is -1.38. The summed E-state index contributed by atoms with van der Waals surface area (Å²) >= 11 is 0. The van der Waals surface area contributed by atoms with E-state index in [1.54, 1.807) is 0 Å². The maximum atomic E-state index is 14.7. The molecule has 7 aromatic rings. The van der Waals surface area contributed by atoms with Crippen molar-refractivity contribution in [3.63, 3.8) is 0 Å². The summed E-state index contributed by atoms with van der Waals surface area (Å²) in [5.41, 5.74) is -6.01. The average molecular weight is 1240 g/mol. The maximum Gasteiger partial charge on any atom is 0.343 e. The van der Waals surface area contributed by atoms with Crippen molar-refractivity contribution < 1.29 is 168 Å². The summed E-state index contributed by atoms with van der Waals surface area (Å²) in [5, 5.41) is 194. The van der Waals surface area contributed by atoms with E-state index in [4.69, 9.17) is 37.9 Å². The van der Waals surface area contributed by atoms with Gasteiger partial charge in [-0.25, -0.2) is 33.6 Å². The second-order valence-corrected chi connectivity index (χ2v) is 18.4. The molecule has 1 heterocycles. The van der Waals surface area contributed by atoms with Gasteiger partial charge in [0.1, 0.15) is 12.7 Å². The molecular formula is C55H40O34. The Morgan fingerprint density at radius 2 is 0.517 bits per heavy atom. The summed E-state index contributed by atoms with van der Waals surface area (Å²) < 4.78 is 43.8. The molecule has 89 heavy (non-hydrogen) atoms. The van der Waals surface area contributed by atoms with Gasteiger partial charge in [-0.1, -0.05) is 0 Å². The number of phenolic OH excluding ortho intramolecular Hbond substituents is 19. The fourth-order valence-corrected chi connectivity index (χ4v) is 8.00. The van der Waals surface area contributed by atoms with Crippen LogP contribution in [0.1, 0.15) is 72.5 Å². The lowest BCUT2D eigenvalue weighted by Crippen LogP contribution is -2.63. The Labute approximate surface area is 491 Å². The van der Waals surface area contributed by atoms with Crippen molar-refractivity contribution in [3.8, 4) is 121 Å². The Balaban J connectivity index is 1.23. The minimum atomic E-state index is -2.75. The molecule has 0 saturated carbocycles. The van der Waals surface area contributed by atoms with Crippen molar-refractivity contribution >= 4 is 41.8 Å². The summed E-state index contributed by atoms with van der Waals surface area (Å²) in [6.07, 6.45) is -13.1. The molecule has 0 spiro atoms. The number of hydrogen-bond acceptors (Lipinski definition) is 34. The normalized spacial score (nSPS) is 16.0. The largest absolute Gasteiger partial charge is 0.504 e. The lowest BCUT2D eigenvalue weighted by Gasteiger charge is -2.43. The molecule has 0 unspecified atom stereocenters. The summed E-state index contributed by atoms with van der Waals surface area (Å²) in [6, 6.07) is 7.12. The summed E-state index contributed by atoms with van der Waals surface area (Å²) in [5.74, 6) is -36.2. The van der Waals surface area contributed by atoms with E-state index in [9.17, 15) is 131 Å². The van der Waals surface area contributed by atoms with Crippen molar-refractivity contribution in [3.05, 3.63) is 124 Å². The van der Waals surface area contributed by atoms with Crippen molar-refractivity contribution in [2.24, 2.45) is 0 Å². The smallest absolute Gasteiger partial charge is 0.343 e. The van der Waals surface area contributed by atoms with E-state index in [1.165, 1.54) is 0 Å². The van der Waals surface area contributed by atoms with Gasteiger partial charge >= 0.3 is 41.8 Å². The van der Waals surface area contributed by atoms with Crippen LogP contribution in [0.15, 0.2) is 84.9 Å². The Morgan fingerprint density at radius 1 is 0.281 bits per heavy atom. The van der Waals surface area contributed by atoms with E-state index in [0.717, 1.165) is 0 Å². The van der Waals surface area contributed by atoms with Crippen LogP contribution in [-0.4, -0.2) is 176 Å². The van der Waals surface area contributed by atoms with Crippen LogP contribution in [0.4, 0.5) is 0 Å². The second-order valence-electron chi connectivity index (χ2n) is 18.4. The fraction of sp³-hybridized carbons (Fsp3) is 0.109. The van der Waals surface area contributed by atoms with Gasteiger partial charge in [-0.3, -0.25) is 0 Å². The first kappa shape index (κ1) is 62.0. The molecule has 0 aromatic heterocycles. The monoisotopic (exact) mass is 1240 g/mol. The van der Waals surface area contributed by atoms with Gasteiger partial charge in [0.15, 0.2) is 121 Å². The molecule has 0 radical (unpaired) electrons. The number of benzene rings is 7. The Bertz CT molecular complexity index is 3980. The van der Waals surface area contributed by atoms with Crippen LogP contribution in [0, 0.1) is 0 Å². The lowest BCUT2D eigenvalue weighted by atomic mass is 9.97. The van der Waals surface area contributed by atoms with Gasteiger partial charge < -0.3 is 135 Å². The molecule has 0 aliphatic carbocycles. The van der Waals surface area contributed by atoms with E-state index < -0.39 is 239 Å². The Kier molecular flexibility index (Phi) is 16.9. The number of carbonyl (C=O) groups is 7. The minimum absolute atomic E-state index is 0.395. The highest BCUT2D eigenvalue weighted by Crippen LogP contribution is 2.44. The van der Waals surface area contributed by atoms with E-state index in [0.29, 0.717) is 84.9 Å². The molecule has 1 fully saturated rings. The zero-order valence-corrected chi connectivity index (χ0v) is 43.8. The van der Waals surface area contributed by atoms with Crippen molar-refractivity contribution in [1.29, 1.82) is 0 Å². The fourth-order valence-electron chi connectivity index (χ4n) is 8.00. The van der Waals surface area contributed by atoms with Crippen molar-refractivity contribution in [2.75, 3.05) is 6.61 Å². The molecule has 7 aromatic carbocycles. The van der Waals surface area contributed by atoms with Crippen LogP contribution < -0.4 is 9.47 Å². The molecule has 1 saturated heterocycles. The van der Waals surface area contributed by atoms with E-state index in [-0.39, 0.29) is 0 Å². The predicted octanol–water partition coefficient (Wildman–Crippen LogP) is 2.95. The minimum Gasteiger partial charge on any atom is -0.504 e. The number of aromatic hydroxyl groups is 19. The molecule has 5 atom stereocenters. The number of esters is 7. The molecule has 8 rings (SSSR count). The van der Waals surface area contributed by atoms with Gasteiger partial charge in [0.05, 0.1) is 38.9 Å². The van der Waals surface area contributed by atoms with Crippen molar-refractivity contribution in [1.82, 2.24) is 0 Å². The molecule has 0 bridgehead atoms. The zero-order valence-electron chi connectivity index (χ0n) is 43.8. The first-order chi connectivity index (χ1) is 41.8. The van der Waals surface area contributed by atoms with E-state index in [2.05, 4.69) is 0 Å². The molecule has 1 aliphatic rings. The summed E-state index contributed by atoms with van der Waals surface area (Å²) in [7, 11) is 0. The molecular weight excluding hydrogens is 1200 g/mol. The van der Waals surface area contributed by atoms with Gasteiger partial charge in [0.2, 0.25) is 23.9 Å². The van der Waals surface area contributed by atoms with Crippen LogP contribution >= 0.6 is 0 Å². The van der Waals surface area contributed by atoms with Gasteiger partial charge in [0, 0.05) is 0 Å². The third-order valence-electron chi connectivity index (χ3n) is 12.4. The molecule has 464 valence electrons. The third kappa shape index (κ3) is 12.9. The van der Waals surface area contributed by atoms with Gasteiger partial charge in [-0.05, 0) is 84.9 Å². The first-order valence-electron chi connectivity index (χ1n) is 24.3. The lowest BCUT2D eigenvalue weighted by molar-refractivity contribution is -0.282. The van der Waals surface area contributed by atoms with Gasteiger partial charge in [0.25, 0.3) is 0 Å². The molecule has 34 nitrogen and oxygen atoms in total.